The van der Waals surface area contributed by atoms with Gasteiger partial charge < -0.3 is 0 Å². The van der Waals surface area contributed by atoms with Gasteiger partial charge in [0.2, 0.25) is 0 Å². The Morgan fingerprint density at radius 3 is 2.52 bits per heavy atom. The Morgan fingerprint density at radius 2 is 1.74 bits per heavy atom. The minimum Gasteiger partial charge on any atom is -0.289 e. The van der Waals surface area contributed by atoms with Crippen LogP contribution >= 0.6 is 0 Å². The maximum absolute atomic E-state index is 14.1. The van der Waals surface area contributed by atoms with Crippen molar-refractivity contribution in [2.45, 2.75) is 44.3 Å². The third-order valence-electron chi connectivity index (χ3n) is 5.21. The molecule has 23 heavy (non-hydrogen) atoms. The van der Waals surface area contributed by atoms with Crippen molar-refractivity contribution in [2.24, 2.45) is 0 Å². The van der Waals surface area contributed by atoms with Gasteiger partial charge in [0, 0.05) is 24.2 Å². The van der Waals surface area contributed by atoms with Gasteiger partial charge in [-0.25, -0.2) is 4.39 Å². The molecule has 0 amide bonds. The van der Waals surface area contributed by atoms with Crippen LogP contribution in [-0.2, 0) is 6.54 Å². The molecule has 2 aliphatic rings. The molecule has 0 aliphatic carbocycles. The summed E-state index contributed by atoms with van der Waals surface area (Å²) in [5, 5.41) is 0. The van der Waals surface area contributed by atoms with Crippen LogP contribution in [0.15, 0.2) is 60.7 Å². The molecular formula is C21H22FN. The second kappa shape index (κ2) is 6.29. The molecule has 0 saturated carbocycles. The van der Waals surface area contributed by atoms with Gasteiger partial charge in [0.05, 0.1) is 0 Å². The van der Waals surface area contributed by atoms with E-state index in [0.717, 1.165) is 18.5 Å². The molecule has 2 bridgehead atoms. The molecule has 1 saturated heterocycles. The standard InChI is InChI=1S/C21H22FN/c22-21-12-5-4-11-20(21)17-13-18-9-6-10-19(14-17)23(18)15-16-7-2-1-3-8-16/h1-5,7-8,11-13,18-19H,6,9-10,14-15H2. The Hall–Kier alpha value is -1.93. The molecular weight excluding hydrogens is 285 g/mol. The molecule has 1 fully saturated rings. The first-order valence-electron chi connectivity index (χ1n) is 8.56. The zero-order valence-electron chi connectivity index (χ0n) is 13.3. The molecule has 2 unspecified atom stereocenters. The third-order valence-corrected chi connectivity index (χ3v) is 5.21. The zero-order valence-corrected chi connectivity index (χ0v) is 13.3. The molecule has 0 N–H and O–H groups in total. The van der Waals surface area contributed by atoms with Crippen LogP contribution in [0.1, 0.15) is 36.8 Å². The Morgan fingerprint density at radius 1 is 0.957 bits per heavy atom. The van der Waals surface area contributed by atoms with Gasteiger partial charge in [-0.2, -0.15) is 0 Å². The van der Waals surface area contributed by atoms with E-state index in [1.54, 1.807) is 12.1 Å². The highest BCUT2D eigenvalue weighted by Gasteiger charge is 2.34. The van der Waals surface area contributed by atoms with E-state index < -0.39 is 0 Å². The van der Waals surface area contributed by atoms with Gasteiger partial charge >= 0.3 is 0 Å². The van der Waals surface area contributed by atoms with Crippen LogP contribution in [0, 0.1) is 5.82 Å². The average molecular weight is 307 g/mol. The van der Waals surface area contributed by atoms with Crippen LogP contribution in [0.25, 0.3) is 5.57 Å². The minimum atomic E-state index is -0.0895. The van der Waals surface area contributed by atoms with E-state index in [-0.39, 0.29) is 5.82 Å². The number of nitrogens with zero attached hydrogens (tertiary/aromatic N) is 1. The van der Waals surface area contributed by atoms with Gasteiger partial charge in [0.1, 0.15) is 5.82 Å². The molecule has 1 nitrogen and oxygen atoms in total. The number of rotatable bonds is 3. The van der Waals surface area contributed by atoms with Gasteiger partial charge in [0.25, 0.3) is 0 Å². The van der Waals surface area contributed by atoms with Gasteiger partial charge in [-0.15, -0.1) is 0 Å². The van der Waals surface area contributed by atoms with Crippen LogP contribution in [0.2, 0.25) is 0 Å². The Bertz CT molecular complexity index is 707. The maximum atomic E-state index is 14.1. The number of piperidine rings is 1. The van der Waals surface area contributed by atoms with Crippen molar-refractivity contribution >= 4 is 5.57 Å². The lowest BCUT2D eigenvalue weighted by atomic mass is 9.82. The van der Waals surface area contributed by atoms with E-state index in [1.807, 2.05) is 12.1 Å². The first kappa shape index (κ1) is 14.6. The SMILES string of the molecule is Fc1ccccc1C1=CC2CCCC(C1)N2Cc1ccccc1. The number of benzene rings is 2. The summed E-state index contributed by atoms with van der Waals surface area (Å²) in [7, 11) is 0. The lowest BCUT2D eigenvalue weighted by Crippen LogP contribution is -2.47. The Labute approximate surface area is 137 Å². The number of hydrogen-bond acceptors (Lipinski definition) is 1. The summed E-state index contributed by atoms with van der Waals surface area (Å²) < 4.78 is 14.1. The van der Waals surface area contributed by atoms with Crippen molar-refractivity contribution in [3.05, 3.63) is 77.6 Å². The average Bonchev–Trinajstić information content (AvgIpc) is 2.56. The van der Waals surface area contributed by atoms with Crippen LogP contribution in [0.5, 0.6) is 0 Å². The Balaban J connectivity index is 1.62. The summed E-state index contributed by atoms with van der Waals surface area (Å²) in [5.74, 6) is -0.0895. The number of fused-ring (bicyclic) bond motifs is 2. The highest BCUT2D eigenvalue weighted by Crippen LogP contribution is 2.38. The van der Waals surface area contributed by atoms with Crippen LogP contribution in [-0.4, -0.2) is 17.0 Å². The largest absolute Gasteiger partial charge is 0.289 e. The maximum Gasteiger partial charge on any atom is 0.130 e. The first-order valence-corrected chi connectivity index (χ1v) is 8.56. The van der Waals surface area contributed by atoms with Crippen molar-refractivity contribution < 1.29 is 4.39 Å². The normalized spacial score (nSPS) is 24.3. The van der Waals surface area contributed by atoms with E-state index >= 15 is 0 Å². The fraction of sp³-hybridized carbons (Fsp3) is 0.333. The van der Waals surface area contributed by atoms with Crippen molar-refractivity contribution in [2.75, 3.05) is 0 Å². The van der Waals surface area contributed by atoms with Crippen molar-refractivity contribution in [1.29, 1.82) is 0 Å². The smallest absolute Gasteiger partial charge is 0.130 e. The van der Waals surface area contributed by atoms with Crippen molar-refractivity contribution in [1.82, 2.24) is 4.90 Å². The Kier molecular flexibility index (Phi) is 4.00. The van der Waals surface area contributed by atoms with E-state index in [2.05, 4.69) is 41.3 Å². The lowest BCUT2D eigenvalue weighted by molar-refractivity contribution is 0.0950. The number of hydrogen-bond donors (Lipinski definition) is 0. The minimum absolute atomic E-state index is 0.0895. The van der Waals surface area contributed by atoms with E-state index in [9.17, 15) is 4.39 Å². The molecule has 4 rings (SSSR count). The molecule has 0 spiro atoms. The fourth-order valence-corrected chi connectivity index (χ4v) is 4.08. The molecule has 2 atom stereocenters. The van der Waals surface area contributed by atoms with Crippen LogP contribution in [0.4, 0.5) is 4.39 Å². The van der Waals surface area contributed by atoms with Gasteiger partial charge in [-0.1, -0.05) is 61.0 Å². The van der Waals surface area contributed by atoms with Crippen molar-refractivity contribution in [3.63, 3.8) is 0 Å². The van der Waals surface area contributed by atoms with Crippen molar-refractivity contribution in [3.8, 4) is 0 Å². The summed E-state index contributed by atoms with van der Waals surface area (Å²) in [6.45, 7) is 0.997. The second-order valence-corrected chi connectivity index (χ2v) is 6.69. The number of halogens is 1. The topological polar surface area (TPSA) is 3.24 Å². The summed E-state index contributed by atoms with van der Waals surface area (Å²) >= 11 is 0. The summed E-state index contributed by atoms with van der Waals surface area (Å²) in [5.41, 5.74) is 3.36. The summed E-state index contributed by atoms with van der Waals surface area (Å²) in [4.78, 5) is 2.61. The predicted octanol–water partition coefficient (Wildman–Crippen LogP) is 5.04. The first-order chi connectivity index (χ1) is 11.3. The molecule has 2 aromatic rings. The third kappa shape index (κ3) is 2.96. The molecule has 2 heteroatoms. The quantitative estimate of drug-likeness (QED) is 0.768. The van der Waals surface area contributed by atoms with E-state index in [1.165, 1.54) is 30.4 Å². The van der Waals surface area contributed by atoms with Gasteiger partial charge in [-0.3, -0.25) is 4.90 Å². The van der Waals surface area contributed by atoms with Gasteiger partial charge in [0.15, 0.2) is 0 Å². The summed E-state index contributed by atoms with van der Waals surface area (Å²) in [6, 6.07) is 18.9. The van der Waals surface area contributed by atoms with E-state index in [4.69, 9.17) is 0 Å². The lowest BCUT2D eigenvalue weighted by Gasteiger charge is -2.45. The summed E-state index contributed by atoms with van der Waals surface area (Å²) in [6.07, 6.45) is 6.96. The highest BCUT2D eigenvalue weighted by molar-refractivity contribution is 5.68. The molecule has 2 heterocycles. The van der Waals surface area contributed by atoms with Crippen LogP contribution < -0.4 is 0 Å². The highest BCUT2D eigenvalue weighted by atomic mass is 19.1. The predicted molar refractivity (Wildman–Crippen MR) is 92.4 cm³/mol. The van der Waals surface area contributed by atoms with Crippen LogP contribution in [0.3, 0.4) is 0 Å². The molecule has 0 aromatic heterocycles. The molecule has 2 aromatic carbocycles. The van der Waals surface area contributed by atoms with E-state index in [0.29, 0.717) is 12.1 Å². The second-order valence-electron chi connectivity index (χ2n) is 6.69. The zero-order chi connectivity index (χ0) is 15.6. The van der Waals surface area contributed by atoms with Gasteiger partial charge in [-0.05, 0) is 36.5 Å². The molecule has 118 valence electrons. The molecule has 0 radical (unpaired) electrons. The molecule has 2 aliphatic heterocycles. The fourth-order valence-electron chi connectivity index (χ4n) is 4.08. The monoisotopic (exact) mass is 307 g/mol.